The first kappa shape index (κ1) is 17.7. The van der Waals surface area contributed by atoms with E-state index in [2.05, 4.69) is 41.8 Å². The highest BCUT2D eigenvalue weighted by Gasteiger charge is 2.51. The van der Waals surface area contributed by atoms with Gasteiger partial charge in [0, 0.05) is 23.5 Å². The highest BCUT2D eigenvalue weighted by molar-refractivity contribution is 6.07. The summed E-state index contributed by atoms with van der Waals surface area (Å²) >= 11 is 0. The molecule has 0 aromatic carbocycles. The van der Waals surface area contributed by atoms with E-state index in [0.717, 1.165) is 47.8 Å². The summed E-state index contributed by atoms with van der Waals surface area (Å²) in [6.07, 6.45) is 6.13. The van der Waals surface area contributed by atoms with Crippen LogP contribution in [0.2, 0.25) is 0 Å². The standard InChI is InChI=1S/C19H28N4O2/c1-13(2)12-22-14(3)10-16(15(22)4)11-20-23-17(24)19(21-18(23)25)8-6-5-7-9-19/h10-11,13H,5-9,12H2,1-4H3,(H,21,25)/b20-11+. The molecule has 1 N–H and O–H groups in total. The Bertz CT molecular complexity index is 711. The number of nitrogens with zero attached hydrogens (tertiary/aromatic N) is 3. The Morgan fingerprint density at radius 3 is 2.56 bits per heavy atom. The Balaban J connectivity index is 1.80. The molecule has 0 radical (unpaired) electrons. The smallest absolute Gasteiger partial charge is 0.346 e. The van der Waals surface area contributed by atoms with E-state index in [0.29, 0.717) is 18.8 Å². The summed E-state index contributed by atoms with van der Waals surface area (Å²) in [5.41, 5.74) is 2.49. The zero-order valence-electron chi connectivity index (χ0n) is 15.6. The molecule has 25 heavy (non-hydrogen) atoms. The first-order valence-electron chi connectivity index (χ1n) is 9.21. The fourth-order valence-electron chi connectivity index (χ4n) is 3.93. The van der Waals surface area contributed by atoms with Crippen molar-refractivity contribution in [2.75, 3.05) is 0 Å². The molecule has 1 saturated heterocycles. The lowest BCUT2D eigenvalue weighted by atomic mass is 9.82. The van der Waals surface area contributed by atoms with Crippen LogP contribution in [-0.2, 0) is 11.3 Å². The number of aromatic nitrogens is 1. The van der Waals surface area contributed by atoms with Gasteiger partial charge in [-0.1, -0.05) is 33.1 Å². The summed E-state index contributed by atoms with van der Waals surface area (Å²) in [6.45, 7) is 9.42. The van der Waals surface area contributed by atoms with Crippen molar-refractivity contribution in [3.05, 3.63) is 23.0 Å². The fourth-order valence-corrected chi connectivity index (χ4v) is 3.93. The second-order valence-electron chi connectivity index (χ2n) is 7.77. The molecule has 2 fully saturated rings. The zero-order valence-corrected chi connectivity index (χ0v) is 15.6. The maximum Gasteiger partial charge on any atom is 0.346 e. The number of aryl methyl sites for hydroxylation is 1. The largest absolute Gasteiger partial charge is 0.348 e. The maximum absolute atomic E-state index is 12.7. The Morgan fingerprint density at radius 1 is 1.24 bits per heavy atom. The van der Waals surface area contributed by atoms with Crippen LogP contribution < -0.4 is 5.32 Å². The van der Waals surface area contributed by atoms with Crippen LogP contribution in [0.25, 0.3) is 0 Å². The number of hydrazone groups is 1. The molecular weight excluding hydrogens is 316 g/mol. The Labute approximate surface area is 149 Å². The molecule has 1 aliphatic carbocycles. The van der Waals surface area contributed by atoms with Gasteiger partial charge in [-0.25, -0.2) is 4.79 Å². The third-order valence-electron chi connectivity index (χ3n) is 5.32. The van der Waals surface area contributed by atoms with Crippen molar-refractivity contribution in [1.29, 1.82) is 0 Å². The highest BCUT2D eigenvalue weighted by atomic mass is 16.2. The van der Waals surface area contributed by atoms with Gasteiger partial charge in [0.2, 0.25) is 0 Å². The van der Waals surface area contributed by atoms with E-state index in [1.165, 1.54) is 0 Å². The van der Waals surface area contributed by atoms with Gasteiger partial charge in [-0.15, -0.1) is 5.01 Å². The number of rotatable bonds is 4. The summed E-state index contributed by atoms with van der Waals surface area (Å²) in [6, 6.07) is 1.65. The molecule has 2 aliphatic rings. The molecule has 6 heteroatoms. The maximum atomic E-state index is 12.7. The molecule has 6 nitrogen and oxygen atoms in total. The van der Waals surface area contributed by atoms with Crippen LogP contribution in [0.5, 0.6) is 0 Å². The monoisotopic (exact) mass is 344 g/mol. The number of carbonyl (C=O) groups excluding carboxylic acids is 2. The van der Waals surface area contributed by atoms with Gasteiger partial charge < -0.3 is 9.88 Å². The Kier molecular flexibility index (Phi) is 4.71. The number of amides is 3. The van der Waals surface area contributed by atoms with E-state index in [1.807, 2.05) is 6.92 Å². The van der Waals surface area contributed by atoms with E-state index in [-0.39, 0.29) is 5.91 Å². The molecule has 1 saturated carbocycles. The number of nitrogens with one attached hydrogen (secondary N) is 1. The van der Waals surface area contributed by atoms with E-state index in [9.17, 15) is 9.59 Å². The van der Waals surface area contributed by atoms with Crippen molar-refractivity contribution in [1.82, 2.24) is 14.9 Å². The molecule has 3 amide bonds. The first-order chi connectivity index (χ1) is 11.8. The molecule has 0 atom stereocenters. The van der Waals surface area contributed by atoms with Crippen LogP contribution >= 0.6 is 0 Å². The third kappa shape index (κ3) is 3.22. The van der Waals surface area contributed by atoms with Crippen LogP contribution in [0.3, 0.4) is 0 Å². The van der Waals surface area contributed by atoms with Gasteiger partial charge in [0.15, 0.2) is 0 Å². The van der Waals surface area contributed by atoms with Crippen LogP contribution in [0.1, 0.15) is 62.9 Å². The molecule has 3 rings (SSSR count). The minimum Gasteiger partial charge on any atom is -0.348 e. The predicted octanol–water partition coefficient (Wildman–Crippen LogP) is 3.35. The summed E-state index contributed by atoms with van der Waals surface area (Å²) < 4.78 is 2.25. The van der Waals surface area contributed by atoms with Crippen LogP contribution in [-0.4, -0.2) is 33.3 Å². The van der Waals surface area contributed by atoms with Crippen molar-refractivity contribution >= 4 is 18.2 Å². The van der Waals surface area contributed by atoms with Gasteiger partial charge in [0.05, 0.1) is 6.21 Å². The topological polar surface area (TPSA) is 66.7 Å². The summed E-state index contributed by atoms with van der Waals surface area (Å²) in [4.78, 5) is 25.0. The average molecular weight is 344 g/mol. The lowest BCUT2D eigenvalue weighted by molar-refractivity contribution is -0.132. The van der Waals surface area contributed by atoms with Crippen molar-refractivity contribution in [3.8, 4) is 0 Å². The first-order valence-corrected chi connectivity index (χ1v) is 9.21. The van der Waals surface area contributed by atoms with Crippen LogP contribution in [0, 0.1) is 19.8 Å². The van der Waals surface area contributed by atoms with Gasteiger partial charge in [-0.3, -0.25) is 4.79 Å². The molecule has 136 valence electrons. The van der Waals surface area contributed by atoms with Crippen molar-refractivity contribution in [2.24, 2.45) is 11.0 Å². The molecule has 1 aliphatic heterocycles. The van der Waals surface area contributed by atoms with Crippen molar-refractivity contribution in [3.63, 3.8) is 0 Å². The van der Waals surface area contributed by atoms with E-state index in [1.54, 1.807) is 6.21 Å². The quantitative estimate of drug-likeness (QED) is 0.672. The second-order valence-corrected chi connectivity index (χ2v) is 7.77. The van der Waals surface area contributed by atoms with Gasteiger partial charge in [-0.2, -0.15) is 5.10 Å². The molecule has 1 aromatic rings. The van der Waals surface area contributed by atoms with Gasteiger partial charge >= 0.3 is 6.03 Å². The normalized spacial score (nSPS) is 20.3. The minimum absolute atomic E-state index is 0.204. The van der Waals surface area contributed by atoms with Gasteiger partial charge in [0.1, 0.15) is 5.54 Å². The van der Waals surface area contributed by atoms with Crippen LogP contribution in [0.15, 0.2) is 11.2 Å². The number of hydrogen-bond acceptors (Lipinski definition) is 3. The summed E-state index contributed by atoms with van der Waals surface area (Å²) in [5, 5.41) is 8.13. The summed E-state index contributed by atoms with van der Waals surface area (Å²) in [5.74, 6) is 0.344. The van der Waals surface area contributed by atoms with E-state index in [4.69, 9.17) is 0 Å². The summed E-state index contributed by atoms with van der Waals surface area (Å²) in [7, 11) is 0. The molecule has 0 unspecified atom stereocenters. The SMILES string of the molecule is Cc1cc(/C=N/N2C(=O)NC3(CCCCC3)C2=O)c(C)n1CC(C)C. The van der Waals surface area contributed by atoms with E-state index < -0.39 is 11.6 Å². The number of hydrogen-bond donors (Lipinski definition) is 1. The molecule has 2 heterocycles. The Hall–Kier alpha value is -2.11. The highest BCUT2D eigenvalue weighted by Crippen LogP contribution is 2.33. The number of imide groups is 1. The van der Waals surface area contributed by atoms with Gasteiger partial charge in [0.25, 0.3) is 5.91 Å². The van der Waals surface area contributed by atoms with Crippen LogP contribution in [0.4, 0.5) is 4.79 Å². The molecule has 1 aromatic heterocycles. The molecule has 0 bridgehead atoms. The lowest BCUT2D eigenvalue weighted by Gasteiger charge is -2.29. The zero-order chi connectivity index (χ0) is 18.2. The van der Waals surface area contributed by atoms with Gasteiger partial charge in [-0.05, 0) is 38.7 Å². The fraction of sp³-hybridized carbons (Fsp3) is 0.632. The lowest BCUT2D eigenvalue weighted by Crippen LogP contribution is -2.48. The van der Waals surface area contributed by atoms with Crippen molar-refractivity contribution in [2.45, 2.75) is 71.9 Å². The Morgan fingerprint density at radius 2 is 1.92 bits per heavy atom. The average Bonchev–Trinajstić information content (AvgIpc) is 2.94. The molecular formula is C19H28N4O2. The number of urea groups is 1. The molecule has 1 spiro atoms. The van der Waals surface area contributed by atoms with Crippen molar-refractivity contribution < 1.29 is 9.59 Å². The van der Waals surface area contributed by atoms with E-state index >= 15 is 0 Å². The number of carbonyl (C=O) groups is 2. The third-order valence-corrected chi connectivity index (χ3v) is 5.32. The second kappa shape index (κ2) is 6.65. The minimum atomic E-state index is -0.721. The predicted molar refractivity (Wildman–Crippen MR) is 97.5 cm³/mol.